The van der Waals surface area contributed by atoms with Gasteiger partial charge in [0.1, 0.15) is 17.7 Å². The van der Waals surface area contributed by atoms with E-state index in [1.54, 1.807) is 20.8 Å². The Balaban J connectivity index is 4.84. The average Bonchev–Trinajstić information content (AvgIpc) is 2.38. The van der Waals surface area contributed by atoms with Crippen LogP contribution in [0.15, 0.2) is 0 Å². The summed E-state index contributed by atoms with van der Waals surface area (Å²) in [5.41, 5.74) is -0.747. The number of carbonyl (C=O) groups excluding carboxylic acids is 3. The Labute approximate surface area is 135 Å². The summed E-state index contributed by atoms with van der Waals surface area (Å²) in [7, 11) is 1.18. The Hall–Kier alpha value is -1.48. The van der Waals surface area contributed by atoms with Crippen molar-refractivity contribution < 1.29 is 29.0 Å². The van der Waals surface area contributed by atoms with Crippen molar-refractivity contribution in [2.45, 2.75) is 51.5 Å². The monoisotopic (exact) mass is 336 g/mol. The van der Waals surface area contributed by atoms with E-state index in [0.29, 0.717) is 0 Å². The number of nitrogens with one attached hydrogen (secondary N) is 2. The zero-order valence-corrected chi connectivity index (χ0v) is 14.3. The fraction of sp³-hybridized carbons (Fsp3) is 0.769. The highest BCUT2D eigenvalue weighted by Gasteiger charge is 2.31. The second-order valence-electron chi connectivity index (χ2n) is 5.63. The lowest BCUT2D eigenvalue weighted by molar-refractivity contribution is -0.144. The zero-order chi connectivity index (χ0) is 17.5. The minimum Gasteiger partial charge on any atom is -0.467 e. The molecule has 0 aliphatic rings. The van der Waals surface area contributed by atoms with E-state index in [-0.39, 0.29) is 5.75 Å². The van der Waals surface area contributed by atoms with E-state index in [0.717, 1.165) is 0 Å². The van der Waals surface area contributed by atoms with Gasteiger partial charge in [0, 0.05) is 5.75 Å². The number of amides is 2. The molecule has 0 saturated heterocycles. The summed E-state index contributed by atoms with van der Waals surface area (Å²) in [6.45, 7) is 6.32. The van der Waals surface area contributed by atoms with Gasteiger partial charge in [-0.1, -0.05) is 0 Å². The lowest BCUT2D eigenvalue weighted by atomic mass is 10.1. The Morgan fingerprint density at radius 3 is 2.14 bits per heavy atom. The standard InChI is InChI=1S/C13H24N2O6S/c1-7(16)9(15-12(19)21-13(2,3)4)10(17)14-8(6-22)11(18)20-5/h7-9,16,22H,6H2,1-5H3,(H,14,17)(H,15,19)/t7-,8-,9+/m0/s1. The Morgan fingerprint density at radius 2 is 1.77 bits per heavy atom. The number of hydrogen-bond donors (Lipinski definition) is 4. The summed E-state index contributed by atoms with van der Waals surface area (Å²) in [6, 6.07) is -2.26. The van der Waals surface area contributed by atoms with Gasteiger partial charge in [-0.2, -0.15) is 12.6 Å². The molecule has 9 heteroatoms. The van der Waals surface area contributed by atoms with Crippen molar-refractivity contribution in [3.63, 3.8) is 0 Å². The Kier molecular flexibility index (Phi) is 8.25. The number of rotatable bonds is 6. The van der Waals surface area contributed by atoms with E-state index >= 15 is 0 Å². The van der Waals surface area contributed by atoms with Gasteiger partial charge >= 0.3 is 12.1 Å². The molecule has 0 fully saturated rings. The number of aliphatic hydroxyl groups excluding tert-OH is 1. The van der Waals surface area contributed by atoms with Gasteiger partial charge < -0.3 is 25.2 Å². The zero-order valence-electron chi connectivity index (χ0n) is 13.4. The molecular formula is C13H24N2O6S. The second kappa shape index (κ2) is 8.84. The summed E-state index contributed by atoms with van der Waals surface area (Å²) in [5, 5.41) is 14.3. The molecule has 0 aliphatic heterocycles. The molecule has 128 valence electrons. The highest BCUT2D eigenvalue weighted by Crippen LogP contribution is 2.07. The van der Waals surface area contributed by atoms with Crippen LogP contribution in [0.25, 0.3) is 0 Å². The number of thiol groups is 1. The summed E-state index contributed by atoms with van der Waals surface area (Å²) in [6.07, 6.45) is -2.04. The molecule has 3 atom stereocenters. The largest absolute Gasteiger partial charge is 0.467 e. The molecule has 3 N–H and O–H groups in total. The normalized spacial score (nSPS) is 15.2. The van der Waals surface area contributed by atoms with Crippen LogP contribution in [0, 0.1) is 0 Å². The van der Waals surface area contributed by atoms with E-state index in [9.17, 15) is 19.5 Å². The van der Waals surface area contributed by atoms with Gasteiger partial charge in [-0.15, -0.1) is 0 Å². The van der Waals surface area contributed by atoms with Crippen molar-refractivity contribution in [3.8, 4) is 0 Å². The van der Waals surface area contributed by atoms with Crippen molar-refractivity contribution in [3.05, 3.63) is 0 Å². The Morgan fingerprint density at radius 1 is 1.23 bits per heavy atom. The third-order valence-electron chi connectivity index (χ3n) is 2.42. The van der Waals surface area contributed by atoms with Crippen LogP contribution in [0.1, 0.15) is 27.7 Å². The molecule has 0 aromatic carbocycles. The average molecular weight is 336 g/mol. The fourth-order valence-corrected chi connectivity index (χ4v) is 1.66. The molecule has 0 aromatic heterocycles. The van der Waals surface area contributed by atoms with E-state index < -0.39 is 41.8 Å². The van der Waals surface area contributed by atoms with Crippen LogP contribution in [-0.2, 0) is 19.1 Å². The summed E-state index contributed by atoms with van der Waals surface area (Å²) < 4.78 is 9.53. The number of hydrogen-bond acceptors (Lipinski definition) is 7. The summed E-state index contributed by atoms with van der Waals surface area (Å²) >= 11 is 3.94. The number of methoxy groups -OCH3 is 1. The van der Waals surface area contributed by atoms with Gasteiger partial charge in [0.15, 0.2) is 0 Å². The highest BCUT2D eigenvalue weighted by molar-refractivity contribution is 7.80. The Bertz CT molecular complexity index is 408. The molecule has 0 aromatic rings. The maximum atomic E-state index is 12.1. The van der Waals surface area contributed by atoms with Gasteiger partial charge in [-0.3, -0.25) is 4.79 Å². The third kappa shape index (κ3) is 7.51. The third-order valence-corrected chi connectivity index (χ3v) is 2.79. The van der Waals surface area contributed by atoms with Crippen molar-refractivity contribution in [1.29, 1.82) is 0 Å². The van der Waals surface area contributed by atoms with E-state index in [1.807, 2.05) is 0 Å². The van der Waals surface area contributed by atoms with Gasteiger partial charge in [-0.25, -0.2) is 9.59 Å². The van der Waals surface area contributed by atoms with Crippen LogP contribution in [-0.4, -0.2) is 59.7 Å². The summed E-state index contributed by atoms with van der Waals surface area (Å²) in [4.78, 5) is 35.2. The fourth-order valence-electron chi connectivity index (χ4n) is 1.42. The van der Waals surface area contributed by atoms with Gasteiger partial charge in [0.2, 0.25) is 5.91 Å². The first-order valence-corrected chi connectivity index (χ1v) is 7.31. The van der Waals surface area contributed by atoms with E-state index in [4.69, 9.17) is 4.74 Å². The molecule has 0 heterocycles. The summed E-state index contributed by atoms with van der Waals surface area (Å²) in [5.74, 6) is -1.41. The van der Waals surface area contributed by atoms with Crippen molar-refractivity contribution in [2.24, 2.45) is 0 Å². The number of alkyl carbamates (subject to hydrolysis) is 1. The first-order chi connectivity index (χ1) is 10.0. The molecule has 0 aliphatic carbocycles. The quantitative estimate of drug-likeness (QED) is 0.396. The number of carbonyl (C=O) groups is 3. The molecule has 0 saturated carbocycles. The van der Waals surface area contributed by atoms with Gasteiger partial charge in [0.25, 0.3) is 0 Å². The number of aliphatic hydroxyl groups is 1. The van der Waals surface area contributed by atoms with Crippen LogP contribution in [0.2, 0.25) is 0 Å². The van der Waals surface area contributed by atoms with Crippen molar-refractivity contribution >= 4 is 30.6 Å². The van der Waals surface area contributed by atoms with Crippen LogP contribution >= 0.6 is 12.6 Å². The molecule has 22 heavy (non-hydrogen) atoms. The van der Waals surface area contributed by atoms with Crippen LogP contribution in [0.4, 0.5) is 4.79 Å². The predicted octanol–water partition coefficient (Wildman–Crippen LogP) is -0.152. The van der Waals surface area contributed by atoms with Crippen LogP contribution in [0.5, 0.6) is 0 Å². The van der Waals surface area contributed by atoms with Gasteiger partial charge in [-0.05, 0) is 27.7 Å². The van der Waals surface area contributed by atoms with Crippen molar-refractivity contribution in [1.82, 2.24) is 10.6 Å². The molecule has 0 unspecified atom stereocenters. The maximum absolute atomic E-state index is 12.1. The molecule has 0 radical (unpaired) electrons. The number of ether oxygens (including phenoxy) is 2. The minimum absolute atomic E-state index is 0.0113. The molecule has 0 bridgehead atoms. The molecular weight excluding hydrogens is 312 g/mol. The smallest absolute Gasteiger partial charge is 0.408 e. The SMILES string of the molecule is COC(=O)[C@H](CS)NC(=O)[C@H](NC(=O)OC(C)(C)C)[C@H](C)O. The van der Waals surface area contributed by atoms with Crippen LogP contribution in [0.3, 0.4) is 0 Å². The molecule has 2 amide bonds. The van der Waals surface area contributed by atoms with E-state index in [1.165, 1.54) is 14.0 Å². The molecule has 8 nitrogen and oxygen atoms in total. The molecule has 0 rings (SSSR count). The minimum atomic E-state index is -1.28. The predicted molar refractivity (Wildman–Crippen MR) is 82.6 cm³/mol. The maximum Gasteiger partial charge on any atom is 0.408 e. The lowest BCUT2D eigenvalue weighted by Gasteiger charge is -2.25. The molecule has 0 spiro atoms. The van der Waals surface area contributed by atoms with Crippen LogP contribution < -0.4 is 10.6 Å². The van der Waals surface area contributed by atoms with Gasteiger partial charge in [0.05, 0.1) is 13.2 Å². The topological polar surface area (TPSA) is 114 Å². The first kappa shape index (κ1) is 20.5. The highest BCUT2D eigenvalue weighted by atomic mass is 32.1. The van der Waals surface area contributed by atoms with Crippen molar-refractivity contribution in [2.75, 3.05) is 12.9 Å². The lowest BCUT2D eigenvalue weighted by Crippen LogP contribution is -2.56. The first-order valence-electron chi connectivity index (χ1n) is 6.68. The number of esters is 1. The second-order valence-corrected chi connectivity index (χ2v) is 6.00. The van der Waals surface area contributed by atoms with E-state index in [2.05, 4.69) is 28.0 Å².